The molecule has 1 aromatic heterocycles. The minimum atomic E-state index is 0.0966. The van der Waals surface area contributed by atoms with Gasteiger partial charge in [-0.15, -0.1) is 0 Å². The molecule has 50 valence electrons. The van der Waals surface area contributed by atoms with Crippen LogP contribution in [0.25, 0.3) is 0 Å². The molecule has 3 nitrogen and oxygen atoms in total. The SMILES string of the molecule is CSc1nc(O)c(C)[nH]1. The average Bonchev–Trinajstić information content (AvgIpc) is 2.13. The summed E-state index contributed by atoms with van der Waals surface area (Å²) in [7, 11) is 0. The Morgan fingerprint density at radius 2 is 2.33 bits per heavy atom. The Bertz CT molecular complexity index is 189. The van der Waals surface area contributed by atoms with Crippen LogP contribution in [0.15, 0.2) is 5.16 Å². The second-order valence-corrected chi connectivity index (χ2v) is 2.49. The lowest BCUT2D eigenvalue weighted by Gasteiger charge is -1.80. The monoisotopic (exact) mass is 144 g/mol. The van der Waals surface area contributed by atoms with Gasteiger partial charge in [0.05, 0.1) is 5.69 Å². The van der Waals surface area contributed by atoms with Crippen LogP contribution in [0.3, 0.4) is 0 Å². The molecule has 0 unspecified atom stereocenters. The molecule has 2 N–H and O–H groups in total. The minimum Gasteiger partial charge on any atom is -0.492 e. The lowest BCUT2D eigenvalue weighted by molar-refractivity contribution is 0.450. The molecule has 0 aromatic carbocycles. The van der Waals surface area contributed by atoms with Gasteiger partial charge in [0.25, 0.3) is 0 Å². The van der Waals surface area contributed by atoms with Crippen molar-refractivity contribution < 1.29 is 5.11 Å². The molecule has 0 aliphatic heterocycles. The molecule has 0 saturated heterocycles. The Morgan fingerprint density at radius 3 is 2.56 bits per heavy atom. The number of nitrogens with one attached hydrogen (secondary N) is 1. The fourth-order valence-corrected chi connectivity index (χ4v) is 0.954. The zero-order valence-corrected chi connectivity index (χ0v) is 6.12. The van der Waals surface area contributed by atoms with Gasteiger partial charge in [-0.25, -0.2) is 0 Å². The number of aromatic amines is 1. The van der Waals surface area contributed by atoms with Gasteiger partial charge in [-0.2, -0.15) is 4.98 Å². The third kappa shape index (κ3) is 1.18. The fraction of sp³-hybridized carbons (Fsp3) is 0.400. The smallest absolute Gasteiger partial charge is 0.233 e. The van der Waals surface area contributed by atoms with Crippen LogP contribution in [-0.2, 0) is 0 Å². The number of rotatable bonds is 1. The Kier molecular flexibility index (Phi) is 1.66. The van der Waals surface area contributed by atoms with Gasteiger partial charge in [0.1, 0.15) is 0 Å². The van der Waals surface area contributed by atoms with Crippen molar-refractivity contribution in [2.75, 3.05) is 6.26 Å². The van der Waals surface area contributed by atoms with Crippen LogP contribution >= 0.6 is 11.8 Å². The first-order chi connectivity index (χ1) is 4.24. The maximum absolute atomic E-state index is 8.92. The van der Waals surface area contributed by atoms with Crippen molar-refractivity contribution in [3.8, 4) is 5.88 Å². The van der Waals surface area contributed by atoms with E-state index < -0.39 is 0 Å². The Balaban J connectivity index is 2.98. The number of imidazole rings is 1. The summed E-state index contributed by atoms with van der Waals surface area (Å²) < 4.78 is 0. The first-order valence-electron chi connectivity index (χ1n) is 2.53. The zero-order valence-electron chi connectivity index (χ0n) is 5.30. The van der Waals surface area contributed by atoms with Gasteiger partial charge in [-0.05, 0) is 13.2 Å². The van der Waals surface area contributed by atoms with Gasteiger partial charge in [-0.1, -0.05) is 11.8 Å². The van der Waals surface area contributed by atoms with Crippen molar-refractivity contribution in [3.05, 3.63) is 5.69 Å². The molecular weight excluding hydrogens is 136 g/mol. The normalized spacial score (nSPS) is 10.0. The van der Waals surface area contributed by atoms with Crippen molar-refractivity contribution in [3.63, 3.8) is 0 Å². The summed E-state index contributed by atoms with van der Waals surface area (Å²) in [4.78, 5) is 6.69. The molecule has 0 saturated carbocycles. The van der Waals surface area contributed by atoms with Crippen molar-refractivity contribution >= 4 is 11.8 Å². The molecule has 1 rings (SSSR count). The van der Waals surface area contributed by atoms with Gasteiger partial charge in [-0.3, -0.25) is 0 Å². The van der Waals surface area contributed by atoms with Crippen molar-refractivity contribution in [1.29, 1.82) is 0 Å². The summed E-state index contributed by atoms with van der Waals surface area (Å²) in [6.07, 6.45) is 1.90. The summed E-state index contributed by atoms with van der Waals surface area (Å²) in [5.74, 6) is 0.0966. The zero-order chi connectivity index (χ0) is 6.85. The fourth-order valence-electron chi connectivity index (χ4n) is 0.521. The maximum atomic E-state index is 8.92. The van der Waals surface area contributed by atoms with Crippen molar-refractivity contribution in [2.24, 2.45) is 0 Å². The second kappa shape index (κ2) is 2.31. The highest BCUT2D eigenvalue weighted by Gasteiger charge is 2.00. The third-order valence-electron chi connectivity index (χ3n) is 1.03. The summed E-state index contributed by atoms with van der Waals surface area (Å²) in [6.45, 7) is 1.78. The molecule has 0 spiro atoms. The van der Waals surface area contributed by atoms with Crippen LogP contribution < -0.4 is 0 Å². The molecule has 1 aromatic rings. The van der Waals surface area contributed by atoms with E-state index >= 15 is 0 Å². The van der Waals surface area contributed by atoms with Gasteiger partial charge < -0.3 is 10.1 Å². The second-order valence-electron chi connectivity index (χ2n) is 1.69. The van der Waals surface area contributed by atoms with Gasteiger partial charge in [0.15, 0.2) is 5.16 Å². The largest absolute Gasteiger partial charge is 0.492 e. The highest BCUT2D eigenvalue weighted by Crippen LogP contribution is 2.17. The van der Waals surface area contributed by atoms with E-state index in [1.54, 1.807) is 6.92 Å². The number of thioether (sulfide) groups is 1. The first-order valence-corrected chi connectivity index (χ1v) is 3.76. The molecule has 0 fully saturated rings. The number of aromatic nitrogens is 2. The Morgan fingerprint density at radius 1 is 1.67 bits per heavy atom. The van der Waals surface area contributed by atoms with Crippen LogP contribution in [0.1, 0.15) is 5.69 Å². The summed E-state index contributed by atoms with van der Waals surface area (Å²) >= 11 is 1.48. The molecule has 0 amide bonds. The third-order valence-corrected chi connectivity index (χ3v) is 1.61. The van der Waals surface area contributed by atoms with Crippen LogP contribution in [0.5, 0.6) is 5.88 Å². The number of hydrogen-bond donors (Lipinski definition) is 2. The standard InChI is InChI=1S/C5H8N2OS/c1-3-4(8)7-5(6-3)9-2/h8H,1-2H3,(H,6,7). The van der Waals surface area contributed by atoms with Crippen molar-refractivity contribution in [1.82, 2.24) is 9.97 Å². The minimum absolute atomic E-state index is 0.0966. The van der Waals surface area contributed by atoms with E-state index in [2.05, 4.69) is 9.97 Å². The number of aromatic hydroxyl groups is 1. The number of aryl methyl sites for hydroxylation is 1. The number of H-pyrrole nitrogens is 1. The number of hydrogen-bond acceptors (Lipinski definition) is 3. The van der Waals surface area contributed by atoms with Gasteiger partial charge in [0, 0.05) is 0 Å². The van der Waals surface area contributed by atoms with Crippen molar-refractivity contribution in [2.45, 2.75) is 12.1 Å². The van der Waals surface area contributed by atoms with Gasteiger partial charge >= 0.3 is 0 Å². The summed E-state index contributed by atoms with van der Waals surface area (Å²) in [6, 6.07) is 0. The van der Waals surface area contributed by atoms with Crippen LogP contribution in [-0.4, -0.2) is 21.3 Å². The Hall–Kier alpha value is -0.640. The van der Waals surface area contributed by atoms with E-state index in [0.29, 0.717) is 0 Å². The molecule has 0 atom stereocenters. The molecule has 4 heteroatoms. The molecule has 1 heterocycles. The lowest BCUT2D eigenvalue weighted by atomic mass is 10.5. The van der Waals surface area contributed by atoms with E-state index in [1.165, 1.54) is 11.8 Å². The van der Waals surface area contributed by atoms with Crippen LogP contribution in [0.2, 0.25) is 0 Å². The van der Waals surface area contributed by atoms with Crippen LogP contribution in [0.4, 0.5) is 0 Å². The summed E-state index contributed by atoms with van der Waals surface area (Å²) in [5, 5.41) is 9.67. The lowest BCUT2D eigenvalue weighted by Crippen LogP contribution is -1.69. The molecule has 0 radical (unpaired) electrons. The highest BCUT2D eigenvalue weighted by atomic mass is 32.2. The number of nitrogens with zero attached hydrogens (tertiary/aromatic N) is 1. The predicted octanol–water partition coefficient (Wildman–Crippen LogP) is 1.15. The van der Waals surface area contributed by atoms with Gasteiger partial charge in [0.2, 0.25) is 5.88 Å². The quantitative estimate of drug-likeness (QED) is 0.581. The first kappa shape index (κ1) is 6.48. The van der Waals surface area contributed by atoms with E-state index in [4.69, 9.17) is 5.11 Å². The summed E-state index contributed by atoms with van der Waals surface area (Å²) in [5.41, 5.74) is 0.722. The predicted molar refractivity (Wildman–Crippen MR) is 36.8 cm³/mol. The molecule has 0 aliphatic carbocycles. The van der Waals surface area contributed by atoms with Crippen LogP contribution in [0, 0.1) is 6.92 Å². The molecule has 0 bridgehead atoms. The van der Waals surface area contributed by atoms with E-state index in [9.17, 15) is 0 Å². The molecular formula is C5H8N2OS. The molecule has 9 heavy (non-hydrogen) atoms. The highest BCUT2D eigenvalue weighted by molar-refractivity contribution is 7.98. The van der Waals surface area contributed by atoms with E-state index in [-0.39, 0.29) is 5.88 Å². The Labute approximate surface area is 57.5 Å². The average molecular weight is 144 g/mol. The maximum Gasteiger partial charge on any atom is 0.233 e. The van der Waals surface area contributed by atoms with E-state index in [1.807, 2.05) is 6.26 Å². The van der Waals surface area contributed by atoms with E-state index in [0.717, 1.165) is 10.9 Å². The molecule has 0 aliphatic rings. The topological polar surface area (TPSA) is 48.9 Å².